The molecule has 0 spiro atoms. The van der Waals surface area contributed by atoms with Crippen molar-refractivity contribution in [1.82, 2.24) is 9.55 Å². The van der Waals surface area contributed by atoms with Crippen LogP contribution in [-0.4, -0.2) is 9.55 Å². The largest absolute Gasteiger partial charge is 0.433 e. The van der Waals surface area contributed by atoms with Crippen LogP contribution in [0.1, 0.15) is 5.69 Å². The maximum Gasteiger partial charge on any atom is 0.433 e. The Bertz CT molecular complexity index is 1070. The van der Waals surface area contributed by atoms with Gasteiger partial charge in [0.25, 0.3) is 5.56 Å². The first-order chi connectivity index (χ1) is 11.6. The topological polar surface area (TPSA) is 60.9 Å². The molecule has 3 rings (SSSR count). The molecule has 0 radical (unpaired) electrons. The molecule has 2 aromatic heterocycles. The van der Waals surface area contributed by atoms with Crippen molar-refractivity contribution in [1.29, 1.82) is 0 Å². The van der Waals surface area contributed by atoms with Gasteiger partial charge < -0.3 is 5.73 Å². The summed E-state index contributed by atoms with van der Waals surface area (Å²) in [5.41, 5.74) is 3.37. The van der Waals surface area contributed by atoms with Gasteiger partial charge in [-0.25, -0.2) is 9.37 Å². The molecule has 0 aliphatic heterocycles. The van der Waals surface area contributed by atoms with E-state index in [9.17, 15) is 22.4 Å². The summed E-state index contributed by atoms with van der Waals surface area (Å²) >= 11 is 8.62. The molecule has 130 valence electrons. The maximum absolute atomic E-state index is 13.8. The molecule has 0 bridgehead atoms. The molecule has 0 saturated carbocycles. The summed E-state index contributed by atoms with van der Waals surface area (Å²) in [6, 6.07) is 5.25. The van der Waals surface area contributed by atoms with Crippen LogP contribution < -0.4 is 11.3 Å². The van der Waals surface area contributed by atoms with E-state index >= 15 is 0 Å². The zero-order chi connectivity index (χ0) is 18.5. The summed E-state index contributed by atoms with van der Waals surface area (Å²) < 4.78 is 53.5. The van der Waals surface area contributed by atoms with E-state index in [-0.39, 0.29) is 31.9 Å². The quantitative estimate of drug-likeness (QED) is 0.570. The SMILES string of the molecule is Nc1c(Br)c(=O)n(-c2ccc(Cl)c(F)c2)c2nc(C(F)(F)F)ccc12. The summed E-state index contributed by atoms with van der Waals surface area (Å²) in [6.45, 7) is 0. The Morgan fingerprint density at radius 3 is 2.48 bits per heavy atom. The summed E-state index contributed by atoms with van der Waals surface area (Å²) in [4.78, 5) is 16.0. The predicted octanol–water partition coefficient (Wildman–Crippen LogP) is 4.54. The molecule has 4 nitrogen and oxygen atoms in total. The normalized spacial score (nSPS) is 11.9. The van der Waals surface area contributed by atoms with E-state index in [0.717, 1.165) is 22.8 Å². The van der Waals surface area contributed by atoms with E-state index in [1.54, 1.807) is 0 Å². The average Bonchev–Trinajstić information content (AvgIpc) is 2.55. The zero-order valence-electron chi connectivity index (χ0n) is 12.0. The van der Waals surface area contributed by atoms with Crippen LogP contribution >= 0.6 is 27.5 Å². The minimum Gasteiger partial charge on any atom is -0.397 e. The van der Waals surface area contributed by atoms with Gasteiger partial charge in [0.2, 0.25) is 0 Å². The number of nitrogens with two attached hydrogens (primary N) is 1. The third-order valence-corrected chi connectivity index (χ3v) is 4.53. The van der Waals surface area contributed by atoms with Crippen LogP contribution in [-0.2, 0) is 6.18 Å². The fourth-order valence-electron chi connectivity index (χ4n) is 2.28. The van der Waals surface area contributed by atoms with Crippen LogP contribution in [0.3, 0.4) is 0 Å². The third kappa shape index (κ3) is 2.98. The number of benzene rings is 1. The first kappa shape index (κ1) is 17.7. The van der Waals surface area contributed by atoms with E-state index in [1.807, 2.05) is 0 Å². The first-order valence-electron chi connectivity index (χ1n) is 6.64. The van der Waals surface area contributed by atoms with Gasteiger partial charge in [0.1, 0.15) is 21.6 Å². The minimum atomic E-state index is -4.72. The van der Waals surface area contributed by atoms with E-state index in [4.69, 9.17) is 17.3 Å². The van der Waals surface area contributed by atoms with Crippen molar-refractivity contribution in [3.63, 3.8) is 0 Å². The number of alkyl halides is 3. The monoisotopic (exact) mass is 435 g/mol. The zero-order valence-corrected chi connectivity index (χ0v) is 14.4. The number of hydrogen-bond acceptors (Lipinski definition) is 3. The molecule has 0 atom stereocenters. The number of halogens is 6. The van der Waals surface area contributed by atoms with Gasteiger partial charge in [0.15, 0.2) is 0 Å². The second kappa shape index (κ2) is 5.99. The minimum absolute atomic E-state index is 0.0376. The van der Waals surface area contributed by atoms with Gasteiger partial charge in [-0.3, -0.25) is 9.36 Å². The lowest BCUT2D eigenvalue weighted by Crippen LogP contribution is -2.23. The van der Waals surface area contributed by atoms with Crippen LogP contribution in [0, 0.1) is 5.82 Å². The van der Waals surface area contributed by atoms with E-state index in [2.05, 4.69) is 20.9 Å². The molecule has 0 aliphatic rings. The summed E-state index contributed by atoms with van der Waals surface area (Å²) in [6.07, 6.45) is -4.72. The Hall–Kier alpha value is -2.13. The highest BCUT2D eigenvalue weighted by Gasteiger charge is 2.33. The molecule has 2 N–H and O–H groups in total. The first-order valence-corrected chi connectivity index (χ1v) is 7.81. The number of rotatable bonds is 1. The van der Waals surface area contributed by atoms with Gasteiger partial charge in [-0.1, -0.05) is 11.6 Å². The van der Waals surface area contributed by atoms with E-state index in [0.29, 0.717) is 0 Å². The highest BCUT2D eigenvalue weighted by atomic mass is 79.9. The van der Waals surface area contributed by atoms with Gasteiger partial charge in [-0.05, 0) is 46.3 Å². The molecule has 0 aliphatic carbocycles. The van der Waals surface area contributed by atoms with Crippen LogP contribution in [0.5, 0.6) is 0 Å². The standard InChI is InChI=1S/C15H7BrClF4N3O/c16-11-12(22)7-2-4-10(15(19,20)21)23-13(7)24(14(11)25)6-1-3-8(17)9(18)5-6/h1-5H,22H2. The number of hydrogen-bond donors (Lipinski definition) is 1. The van der Waals surface area contributed by atoms with Crippen molar-refractivity contribution in [3.8, 4) is 5.69 Å². The van der Waals surface area contributed by atoms with Crippen molar-refractivity contribution in [3.05, 3.63) is 61.7 Å². The Morgan fingerprint density at radius 1 is 1.20 bits per heavy atom. The lowest BCUT2D eigenvalue weighted by molar-refractivity contribution is -0.141. The Morgan fingerprint density at radius 2 is 1.88 bits per heavy atom. The number of anilines is 1. The Kier molecular flexibility index (Phi) is 4.24. The molecule has 25 heavy (non-hydrogen) atoms. The number of fused-ring (bicyclic) bond motifs is 1. The van der Waals surface area contributed by atoms with Gasteiger partial charge in [-0.2, -0.15) is 13.2 Å². The third-order valence-electron chi connectivity index (χ3n) is 3.46. The Balaban J connectivity index is 2.47. The smallest absolute Gasteiger partial charge is 0.397 e. The highest BCUT2D eigenvalue weighted by Crippen LogP contribution is 2.32. The lowest BCUT2D eigenvalue weighted by Gasteiger charge is -2.15. The second-order valence-corrected chi connectivity index (χ2v) is 6.23. The van der Waals surface area contributed by atoms with E-state index < -0.39 is 23.2 Å². The maximum atomic E-state index is 13.8. The number of nitrogens with zero attached hydrogens (tertiary/aromatic N) is 2. The molecule has 10 heteroatoms. The number of pyridine rings is 2. The molecule has 1 aromatic carbocycles. The molecule has 2 heterocycles. The molecule has 0 fully saturated rings. The molecule has 0 unspecified atom stereocenters. The van der Waals surface area contributed by atoms with Gasteiger partial charge in [0.05, 0.1) is 16.4 Å². The Labute approximate surface area is 151 Å². The van der Waals surface area contributed by atoms with Gasteiger partial charge >= 0.3 is 6.18 Å². The van der Waals surface area contributed by atoms with Gasteiger partial charge in [0, 0.05) is 5.39 Å². The van der Waals surface area contributed by atoms with Gasteiger partial charge in [-0.15, -0.1) is 0 Å². The summed E-state index contributed by atoms with van der Waals surface area (Å²) in [5, 5.41) is -0.0885. The summed E-state index contributed by atoms with van der Waals surface area (Å²) in [7, 11) is 0. The highest BCUT2D eigenvalue weighted by molar-refractivity contribution is 9.10. The predicted molar refractivity (Wildman–Crippen MR) is 89.4 cm³/mol. The number of aromatic nitrogens is 2. The summed E-state index contributed by atoms with van der Waals surface area (Å²) in [5.74, 6) is -0.834. The van der Waals surface area contributed by atoms with Crippen molar-refractivity contribution in [2.45, 2.75) is 6.18 Å². The van der Waals surface area contributed by atoms with Crippen molar-refractivity contribution < 1.29 is 17.6 Å². The van der Waals surface area contributed by atoms with E-state index in [1.165, 1.54) is 12.1 Å². The molecule has 0 saturated heterocycles. The van der Waals surface area contributed by atoms with Crippen molar-refractivity contribution in [2.24, 2.45) is 0 Å². The fourth-order valence-corrected chi connectivity index (χ4v) is 2.79. The van der Waals surface area contributed by atoms with Crippen LogP contribution in [0.25, 0.3) is 16.7 Å². The van der Waals surface area contributed by atoms with Crippen molar-refractivity contribution >= 4 is 44.3 Å². The molecule has 3 aromatic rings. The lowest BCUT2D eigenvalue weighted by atomic mass is 10.2. The molecular weight excluding hydrogens is 430 g/mol. The van der Waals surface area contributed by atoms with Crippen LogP contribution in [0.15, 0.2) is 39.6 Å². The molecule has 0 amide bonds. The van der Waals surface area contributed by atoms with Crippen LogP contribution in [0.4, 0.5) is 23.2 Å². The number of nitrogen functional groups attached to an aromatic ring is 1. The fraction of sp³-hybridized carbons (Fsp3) is 0.0667. The average molecular weight is 437 g/mol. The second-order valence-electron chi connectivity index (χ2n) is 5.03. The van der Waals surface area contributed by atoms with Crippen LogP contribution in [0.2, 0.25) is 5.02 Å². The van der Waals surface area contributed by atoms with Crippen molar-refractivity contribution in [2.75, 3.05) is 5.73 Å². The molecular formula is C15H7BrClF4N3O.